The third kappa shape index (κ3) is 4.89. The van der Waals surface area contributed by atoms with E-state index in [1.807, 2.05) is 18.2 Å². The average Bonchev–Trinajstić information content (AvgIpc) is 3.20. The number of anilines is 1. The van der Waals surface area contributed by atoms with Gasteiger partial charge in [0.05, 0.1) is 30.2 Å². The molecule has 1 saturated heterocycles. The molecule has 3 aromatic carbocycles. The summed E-state index contributed by atoms with van der Waals surface area (Å²) >= 11 is 0. The first-order valence-electron chi connectivity index (χ1n) is 12.3. The fourth-order valence-electron chi connectivity index (χ4n) is 5.33. The molecule has 0 radical (unpaired) electrons. The summed E-state index contributed by atoms with van der Waals surface area (Å²) in [6, 6.07) is 22.9. The zero-order valence-electron chi connectivity index (χ0n) is 20.5. The van der Waals surface area contributed by atoms with Crippen molar-refractivity contribution in [2.24, 2.45) is 11.8 Å². The number of carbonyl (C=O) groups is 4. The number of ketones is 1. The normalized spacial score (nSPS) is 20.9. The average molecular weight is 498 g/mol. The van der Waals surface area contributed by atoms with Gasteiger partial charge in [-0.05, 0) is 61.1 Å². The Labute approximate surface area is 215 Å². The van der Waals surface area contributed by atoms with E-state index >= 15 is 0 Å². The molecule has 3 atom stereocenters. The Morgan fingerprint density at radius 3 is 2.35 bits per heavy atom. The van der Waals surface area contributed by atoms with Gasteiger partial charge in [0.25, 0.3) is 0 Å². The van der Waals surface area contributed by atoms with Crippen LogP contribution in [0.5, 0.6) is 5.75 Å². The van der Waals surface area contributed by atoms with Gasteiger partial charge in [-0.1, -0.05) is 48.5 Å². The van der Waals surface area contributed by atoms with Gasteiger partial charge in [0, 0.05) is 5.56 Å². The Kier molecular flexibility index (Phi) is 6.86. The van der Waals surface area contributed by atoms with Crippen LogP contribution in [0.25, 0.3) is 0 Å². The fourth-order valence-corrected chi connectivity index (χ4v) is 5.33. The van der Waals surface area contributed by atoms with Crippen LogP contribution in [0.3, 0.4) is 0 Å². The molecule has 2 fully saturated rings. The Morgan fingerprint density at radius 1 is 0.838 bits per heavy atom. The first-order valence-corrected chi connectivity index (χ1v) is 12.3. The molecular weight excluding hydrogens is 470 g/mol. The number of hydrogen-bond donors (Lipinski definition) is 0. The zero-order valence-corrected chi connectivity index (χ0v) is 20.5. The van der Waals surface area contributed by atoms with Crippen molar-refractivity contribution >= 4 is 29.3 Å². The topological polar surface area (TPSA) is 90.0 Å². The minimum absolute atomic E-state index is 0.161. The monoisotopic (exact) mass is 497 g/mol. The number of fused-ring (bicyclic) bond motifs is 1. The molecule has 7 nitrogen and oxygen atoms in total. The summed E-state index contributed by atoms with van der Waals surface area (Å²) in [6.45, 7) is -0.442. The Hall–Kier alpha value is -4.26. The summed E-state index contributed by atoms with van der Waals surface area (Å²) in [7, 11) is 1.50. The van der Waals surface area contributed by atoms with E-state index in [1.165, 1.54) is 29.7 Å². The highest BCUT2D eigenvalue weighted by Gasteiger charge is 2.50. The lowest BCUT2D eigenvalue weighted by Gasteiger charge is -2.28. The van der Waals surface area contributed by atoms with Crippen LogP contribution in [-0.2, 0) is 14.3 Å². The van der Waals surface area contributed by atoms with Crippen molar-refractivity contribution in [2.45, 2.75) is 25.2 Å². The molecule has 5 rings (SSSR count). The summed E-state index contributed by atoms with van der Waals surface area (Å²) in [5.74, 6) is -1.48. The standard InChI is InChI=1S/C30H27NO6/c1-36-24-12-6-9-21(16-24)27(32)18-37-30(35)22-10-5-11-23(15-22)31-28(33)25-14-13-20(17-26(25)29(31)34)19-7-3-2-4-8-19/h2-12,15-16,20,25-26H,13-14,17-18H2,1H3/t20-,25+,26+/m1/s1. The van der Waals surface area contributed by atoms with Crippen molar-refractivity contribution in [1.82, 2.24) is 0 Å². The molecule has 0 aromatic heterocycles. The van der Waals surface area contributed by atoms with Crippen molar-refractivity contribution in [1.29, 1.82) is 0 Å². The van der Waals surface area contributed by atoms with Gasteiger partial charge in [0.1, 0.15) is 5.75 Å². The maximum Gasteiger partial charge on any atom is 0.338 e. The van der Waals surface area contributed by atoms with Gasteiger partial charge in [-0.2, -0.15) is 0 Å². The van der Waals surface area contributed by atoms with Crippen LogP contribution < -0.4 is 9.64 Å². The molecule has 1 saturated carbocycles. The summed E-state index contributed by atoms with van der Waals surface area (Å²) in [6.07, 6.45) is 2.13. The number of methoxy groups -OCH3 is 1. The SMILES string of the molecule is COc1cccc(C(=O)COC(=O)c2cccc(N3C(=O)[C@H]4CC[C@@H](c5ccccc5)C[C@@H]4C3=O)c2)c1. The van der Waals surface area contributed by atoms with Crippen molar-refractivity contribution in [3.8, 4) is 5.75 Å². The number of rotatable bonds is 7. The minimum atomic E-state index is -0.709. The van der Waals surface area contributed by atoms with E-state index in [0.29, 0.717) is 29.8 Å². The van der Waals surface area contributed by atoms with E-state index < -0.39 is 12.6 Å². The predicted molar refractivity (Wildman–Crippen MR) is 137 cm³/mol. The first-order chi connectivity index (χ1) is 18.0. The number of carbonyl (C=O) groups excluding carboxylic acids is 4. The summed E-state index contributed by atoms with van der Waals surface area (Å²) in [4.78, 5) is 53.0. The largest absolute Gasteiger partial charge is 0.497 e. The minimum Gasteiger partial charge on any atom is -0.497 e. The molecule has 0 spiro atoms. The second-order valence-electron chi connectivity index (χ2n) is 9.43. The third-order valence-electron chi connectivity index (χ3n) is 7.26. The number of nitrogens with zero attached hydrogens (tertiary/aromatic N) is 1. The highest BCUT2D eigenvalue weighted by molar-refractivity contribution is 6.22. The molecule has 0 unspecified atom stereocenters. The van der Waals surface area contributed by atoms with Crippen molar-refractivity contribution in [2.75, 3.05) is 18.6 Å². The first kappa shape index (κ1) is 24.4. The Balaban J connectivity index is 1.27. The van der Waals surface area contributed by atoms with E-state index in [2.05, 4.69) is 12.1 Å². The smallest absolute Gasteiger partial charge is 0.338 e. The van der Waals surface area contributed by atoms with Crippen molar-refractivity contribution in [3.63, 3.8) is 0 Å². The van der Waals surface area contributed by atoms with Gasteiger partial charge in [0.2, 0.25) is 11.8 Å². The number of Topliss-reactive ketones (excluding diaryl/α,β-unsaturated/α-hetero) is 1. The molecule has 0 N–H and O–H groups in total. The van der Waals surface area contributed by atoms with Crippen molar-refractivity contribution < 1.29 is 28.7 Å². The lowest BCUT2D eigenvalue weighted by molar-refractivity contribution is -0.122. The molecule has 2 amide bonds. The highest BCUT2D eigenvalue weighted by atomic mass is 16.5. The second kappa shape index (κ2) is 10.4. The number of esters is 1. The summed E-state index contributed by atoms with van der Waals surface area (Å²) < 4.78 is 10.4. The summed E-state index contributed by atoms with van der Waals surface area (Å²) in [5.41, 5.74) is 2.06. The van der Waals surface area contributed by atoms with Gasteiger partial charge < -0.3 is 9.47 Å². The third-order valence-corrected chi connectivity index (χ3v) is 7.26. The molecular formula is C30H27NO6. The predicted octanol–water partition coefficient (Wildman–Crippen LogP) is 4.81. The van der Waals surface area contributed by atoms with E-state index in [0.717, 1.165) is 6.42 Å². The fraction of sp³-hybridized carbons (Fsp3) is 0.267. The number of amides is 2. The van der Waals surface area contributed by atoms with Gasteiger partial charge >= 0.3 is 5.97 Å². The molecule has 1 heterocycles. The second-order valence-corrected chi connectivity index (χ2v) is 9.43. The molecule has 37 heavy (non-hydrogen) atoms. The number of ether oxygens (including phenoxy) is 2. The van der Waals surface area contributed by atoms with Crippen LogP contribution in [0, 0.1) is 11.8 Å². The van der Waals surface area contributed by atoms with E-state index in [9.17, 15) is 19.2 Å². The molecule has 1 aliphatic heterocycles. The van der Waals surface area contributed by atoms with E-state index in [4.69, 9.17) is 9.47 Å². The van der Waals surface area contributed by atoms with E-state index in [1.54, 1.807) is 36.4 Å². The lowest BCUT2D eigenvalue weighted by Crippen LogP contribution is -2.31. The number of hydrogen-bond acceptors (Lipinski definition) is 6. The lowest BCUT2D eigenvalue weighted by atomic mass is 9.73. The van der Waals surface area contributed by atoms with Crippen LogP contribution in [-0.4, -0.2) is 37.3 Å². The van der Waals surface area contributed by atoms with E-state index in [-0.39, 0.29) is 40.9 Å². The van der Waals surface area contributed by atoms with Crippen LogP contribution in [0.2, 0.25) is 0 Å². The molecule has 1 aliphatic carbocycles. The van der Waals surface area contributed by atoms with Gasteiger partial charge in [-0.25, -0.2) is 4.79 Å². The Bertz CT molecular complexity index is 1350. The van der Waals surface area contributed by atoms with Crippen LogP contribution in [0.1, 0.15) is 51.5 Å². The van der Waals surface area contributed by atoms with Gasteiger partial charge in [-0.3, -0.25) is 19.3 Å². The summed E-state index contributed by atoms with van der Waals surface area (Å²) in [5, 5.41) is 0. The molecule has 3 aromatic rings. The van der Waals surface area contributed by atoms with Gasteiger partial charge in [0.15, 0.2) is 12.4 Å². The molecule has 188 valence electrons. The molecule has 2 aliphatic rings. The highest BCUT2D eigenvalue weighted by Crippen LogP contribution is 2.45. The van der Waals surface area contributed by atoms with Crippen molar-refractivity contribution in [3.05, 3.63) is 95.6 Å². The van der Waals surface area contributed by atoms with Crippen LogP contribution in [0.4, 0.5) is 5.69 Å². The molecule has 7 heteroatoms. The quantitative estimate of drug-likeness (QED) is 0.264. The zero-order chi connectivity index (χ0) is 25.9. The maximum atomic E-state index is 13.4. The van der Waals surface area contributed by atoms with Gasteiger partial charge in [-0.15, -0.1) is 0 Å². The van der Waals surface area contributed by atoms with Crippen LogP contribution in [0.15, 0.2) is 78.9 Å². The van der Waals surface area contributed by atoms with Crippen LogP contribution >= 0.6 is 0 Å². The number of benzene rings is 3. The molecule has 0 bridgehead atoms. The maximum absolute atomic E-state index is 13.4. The Morgan fingerprint density at radius 2 is 1.57 bits per heavy atom. The number of imide groups is 1.